The predicted molar refractivity (Wildman–Crippen MR) is 122 cm³/mol. The van der Waals surface area contributed by atoms with Gasteiger partial charge in [-0.15, -0.1) is 5.10 Å². The van der Waals surface area contributed by atoms with Gasteiger partial charge in [0.05, 0.1) is 35.8 Å². The molecule has 0 atom stereocenters. The number of rotatable bonds is 6. The van der Waals surface area contributed by atoms with E-state index in [1.54, 1.807) is 25.1 Å². The molecule has 0 bridgehead atoms. The van der Waals surface area contributed by atoms with E-state index in [0.29, 0.717) is 17.1 Å². The summed E-state index contributed by atoms with van der Waals surface area (Å²) in [6.07, 6.45) is 5.50. The summed E-state index contributed by atoms with van der Waals surface area (Å²) in [5, 5.41) is 14.8. The van der Waals surface area contributed by atoms with Crippen molar-refractivity contribution in [1.82, 2.24) is 14.8 Å². The molecule has 0 aliphatic heterocycles. The van der Waals surface area contributed by atoms with Crippen LogP contribution in [0.2, 0.25) is 0 Å². The fourth-order valence-electron chi connectivity index (χ4n) is 4.25. The van der Waals surface area contributed by atoms with E-state index in [9.17, 15) is 10.1 Å². The van der Waals surface area contributed by atoms with Crippen molar-refractivity contribution in [3.63, 3.8) is 0 Å². The smallest absolute Gasteiger partial charge is 0.357 e. The molecule has 32 heavy (non-hydrogen) atoms. The molecule has 1 aliphatic rings. The lowest BCUT2D eigenvalue weighted by Gasteiger charge is -2.22. The Morgan fingerprint density at radius 3 is 2.56 bits per heavy atom. The molecule has 1 saturated carbocycles. The summed E-state index contributed by atoms with van der Waals surface area (Å²) in [7, 11) is 0. The van der Waals surface area contributed by atoms with Gasteiger partial charge in [-0.1, -0.05) is 31.4 Å². The molecule has 0 N–H and O–H groups in total. The SMILES string of the molecule is CCOC(=O)c1cc(-c2ccc(C#N)cc2)c2c(OC(C)C)nn(C3CCCCC3)c2n1. The summed E-state index contributed by atoms with van der Waals surface area (Å²) in [5.74, 6) is 0.0508. The summed E-state index contributed by atoms with van der Waals surface area (Å²) < 4.78 is 13.3. The molecule has 166 valence electrons. The monoisotopic (exact) mass is 432 g/mol. The van der Waals surface area contributed by atoms with Crippen LogP contribution >= 0.6 is 0 Å². The first kappa shape index (κ1) is 21.8. The fraction of sp³-hybridized carbons (Fsp3) is 0.440. The first-order valence-corrected chi connectivity index (χ1v) is 11.3. The lowest BCUT2D eigenvalue weighted by molar-refractivity contribution is 0.0520. The Morgan fingerprint density at radius 1 is 1.22 bits per heavy atom. The molecule has 4 rings (SSSR count). The molecule has 1 aliphatic carbocycles. The van der Waals surface area contributed by atoms with E-state index in [0.717, 1.165) is 42.2 Å². The van der Waals surface area contributed by atoms with Crippen molar-refractivity contribution in [3.8, 4) is 23.1 Å². The van der Waals surface area contributed by atoms with Crippen LogP contribution in [0.15, 0.2) is 30.3 Å². The van der Waals surface area contributed by atoms with Gasteiger partial charge in [-0.2, -0.15) is 5.26 Å². The third-order valence-corrected chi connectivity index (χ3v) is 5.71. The highest BCUT2D eigenvalue weighted by Gasteiger charge is 2.27. The molecule has 7 heteroatoms. The maximum absolute atomic E-state index is 12.7. The van der Waals surface area contributed by atoms with E-state index in [1.165, 1.54) is 6.42 Å². The third kappa shape index (κ3) is 4.31. The number of carbonyl (C=O) groups is 1. The Balaban J connectivity index is 1.98. The van der Waals surface area contributed by atoms with Crippen LogP contribution in [0, 0.1) is 11.3 Å². The number of benzene rings is 1. The second-order valence-corrected chi connectivity index (χ2v) is 8.37. The molecule has 3 aromatic rings. The molecule has 0 amide bonds. The van der Waals surface area contributed by atoms with E-state index in [1.807, 2.05) is 30.7 Å². The van der Waals surface area contributed by atoms with Crippen molar-refractivity contribution in [2.45, 2.75) is 65.0 Å². The zero-order chi connectivity index (χ0) is 22.7. The number of esters is 1. The van der Waals surface area contributed by atoms with Crippen molar-refractivity contribution in [2.24, 2.45) is 0 Å². The van der Waals surface area contributed by atoms with Crippen molar-refractivity contribution in [1.29, 1.82) is 5.26 Å². The van der Waals surface area contributed by atoms with Crippen LogP contribution < -0.4 is 4.74 Å². The average molecular weight is 433 g/mol. The van der Waals surface area contributed by atoms with E-state index in [2.05, 4.69) is 6.07 Å². The first-order chi connectivity index (χ1) is 15.5. The average Bonchev–Trinajstić information content (AvgIpc) is 3.17. The zero-order valence-electron chi connectivity index (χ0n) is 18.8. The second-order valence-electron chi connectivity index (χ2n) is 8.37. The van der Waals surface area contributed by atoms with Crippen LogP contribution in [0.5, 0.6) is 5.88 Å². The molecule has 0 spiro atoms. The molecule has 0 radical (unpaired) electrons. The van der Waals surface area contributed by atoms with Gasteiger partial charge in [0, 0.05) is 5.56 Å². The Morgan fingerprint density at radius 2 is 1.94 bits per heavy atom. The third-order valence-electron chi connectivity index (χ3n) is 5.71. The van der Waals surface area contributed by atoms with Gasteiger partial charge in [-0.05, 0) is 57.4 Å². The summed E-state index contributed by atoms with van der Waals surface area (Å²) in [5.41, 5.74) is 3.10. The highest BCUT2D eigenvalue weighted by molar-refractivity contribution is 6.01. The summed E-state index contributed by atoms with van der Waals surface area (Å²) >= 11 is 0. The predicted octanol–water partition coefficient (Wildman–Crippen LogP) is 5.44. The van der Waals surface area contributed by atoms with Crippen LogP contribution in [0.1, 0.15) is 75.0 Å². The lowest BCUT2D eigenvalue weighted by Crippen LogP contribution is -2.16. The van der Waals surface area contributed by atoms with Gasteiger partial charge in [0.25, 0.3) is 0 Å². The fourth-order valence-corrected chi connectivity index (χ4v) is 4.25. The standard InChI is InChI=1S/C25H28N4O3/c1-4-31-25(30)21-14-20(18-12-10-17(15-26)11-13-18)22-23(27-21)29(19-8-6-5-7-9-19)28-24(22)32-16(2)3/h10-14,16,19H,4-9H2,1-3H3. The zero-order valence-corrected chi connectivity index (χ0v) is 18.8. The number of hydrogen-bond donors (Lipinski definition) is 0. The molecule has 1 aromatic carbocycles. The molecule has 0 saturated heterocycles. The lowest BCUT2D eigenvalue weighted by atomic mass is 9.95. The van der Waals surface area contributed by atoms with Crippen molar-refractivity contribution in [2.75, 3.05) is 6.61 Å². The van der Waals surface area contributed by atoms with E-state index in [-0.39, 0.29) is 24.4 Å². The Bertz CT molecular complexity index is 1150. The number of aromatic nitrogens is 3. The van der Waals surface area contributed by atoms with Gasteiger partial charge in [-0.3, -0.25) is 0 Å². The molecule has 1 fully saturated rings. The topological polar surface area (TPSA) is 90.0 Å². The molecule has 2 heterocycles. The number of hydrogen-bond acceptors (Lipinski definition) is 6. The highest BCUT2D eigenvalue weighted by atomic mass is 16.5. The minimum absolute atomic E-state index is 0.0635. The van der Waals surface area contributed by atoms with Gasteiger partial charge in [0.15, 0.2) is 11.3 Å². The number of carbonyl (C=O) groups excluding carboxylic acids is 1. The second kappa shape index (κ2) is 9.39. The van der Waals surface area contributed by atoms with Gasteiger partial charge >= 0.3 is 5.97 Å². The maximum atomic E-state index is 12.7. The van der Waals surface area contributed by atoms with Crippen LogP contribution in [0.4, 0.5) is 0 Å². The van der Waals surface area contributed by atoms with Gasteiger partial charge in [0.2, 0.25) is 5.88 Å². The number of fused-ring (bicyclic) bond motifs is 1. The van der Waals surface area contributed by atoms with Crippen LogP contribution in [0.3, 0.4) is 0 Å². The van der Waals surface area contributed by atoms with E-state index < -0.39 is 5.97 Å². The number of pyridine rings is 1. The van der Waals surface area contributed by atoms with Gasteiger partial charge in [-0.25, -0.2) is 14.5 Å². The quantitative estimate of drug-likeness (QED) is 0.482. The highest BCUT2D eigenvalue weighted by Crippen LogP contribution is 2.39. The minimum atomic E-state index is -0.466. The van der Waals surface area contributed by atoms with E-state index in [4.69, 9.17) is 19.6 Å². The van der Waals surface area contributed by atoms with Crippen molar-refractivity contribution < 1.29 is 14.3 Å². The van der Waals surface area contributed by atoms with Crippen LogP contribution in [-0.4, -0.2) is 33.4 Å². The Labute approximate surface area is 188 Å². The normalized spacial score (nSPS) is 14.5. The van der Waals surface area contributed by atoms with Gasteiger partial charge < -0.3 is 9.47 Å². The number of nitriles is 1. The molecular weight excluding hydrogens is 404 g/mol. The van der Waals surface area contributed by atoms with Crippen LogP contribution in [0.25, 0.3) is 22.2 Å². The first-order valence-electron chi connectivity index (χ1n) is 11.3. The number of nitrogens with zero attached hydrogens (tertiary/aromatic N) is 4. The molecule has 0 unspecified atom stereocenters. The summed E-state index contributed by atoms with van der Waals surface area (Å²) in [6, 6.07) is 11.4. The number of ether oxygens (including phenoxy) is 2. The summed E-state index contributed by atoms with van der Waals surface area (Å²) in [6.45, 7) is 5.98. The van der Waals surface area contributed by atoms with Crippen LogP contribution in [-0.2, 0) is 4.74 Å². The minimum Gasteiger partial charge on any atom is -0.473 e. The van der Waals surface area contributed by atoms with E-state index >= 15 is 0 Å². The summed E-state index contributed by atoms with van der Waals surface area (Å²) in [4.78, 5) is 17.4. The maximum Gasteiger partial charge on any atom is 0.357 e. The molecule has 2 aromatic heterocycles. The van der Waals surface area contributed by atoms with Crippen molar-refractivity contribution in [3.05, 3.63) is 41.6 Å². The molecular formula is C25H28N4O3. The molecule has 7 nitrogen and oxygen atoms in total. The van der Waals surface area contributed by atoms with Gasteiger partial charge in [0.1, 0.15) is 0 Å². The Kier molecular flexibility index (Phi) is 6.40. The Hall–Kier alpha value is -3.40. The largest absolute Gasteiger partial charge is 0.473 e. The van der Waals surface area contributed by atoms with Crippen molar-refractivity contribution >= 4 is 17.0 Å².